The van der Waals surface area contributed by atoms with Gasteiger partial charge in [-0.05, 0) is 17.0 Å². The number of rotatable bonds is 3. The fourth-order valence-corrected chi connectivity index (χ4v) is 3.64. The predicted molar refractivity (Wildman–Crippen MR) is 96.2 cm³/mol. The number of aliphatic imine (C=N–C) groups is 1. The first-order valence-corrected chi connectivity index (χ1v) is 8.15. The van der Waals surface area contributed by atoms with Crippen LogP contribution in [-0.2, 0) is 0 Å². The molecule has 112 valence electrons. The standard InChI is InChI=1S/C18H14N4S/c1-19-10-16-18(21-22-20-16)13-8-6-12(7-9-13)15-11-23-17-5-3-2-4-14(15)17/h2-11H,1H3,(H,20,21,22). The van der Waals surface area contributed by atoms with Gasteiger partial charge < -0.3 is 0 Å². The number of nitrogens with one attached hydrogen (secondary N) is 1. The summed E-state index contributed by atoms with van der Waals surface area (Å²) in [5, 5.41) is 14.5. The zero-order chi connectivity index (χ0) is 15.6. The average Bonchev–Trinajstić information content (AvgIpc) is 3.22. The molecule has 1 N–H and O–H groups in total. The summed E-state index contributed by atoms with van der Waals surface area (Å²) in [7, 11) is 1.73. The number of hydrogen-bond acceptors (Lipinski definition) is 4. The molecule has 4 aromatic rings. The summed E-state index contributed by atoms with van der Waals surface area (Å²) in [4.78, 5) is 4.01. The third kappa shape index (κ3) is 2.45. The third-order valence-electron chi connectivity index (χ3n) is 3.78. The van der Waals surface area contributed by atoms with E-state index < -0.39 is 0 Å². The van der Waals surface area contributed by atoms with Crippen LogP contribution < -0.4 is 0 Å². The van der Waals surface area contributed by atoms with Gasteiger partial charge in [0.05, 0.1) is 6.21 Å². The first kappa shape index (κ1) is 13.8. The van der Waals surface area contributed by atoms with E-state index in [2.05, 4.69) is 74.3 Å². The molecular formula is C18H14N4S. The molecule has 2 aromatic carbocycles. The Balaban J connectivity index is 1.75. The monoisotopic (exact) mass is 318 g/mol. The zero-order valence-corrected chi connectivity index (χ0v) is 13.3. The van der Waals surface area contributed by atoms with E-state index in [4.69, 9.17) is 0 Å². The highest BCUT2D eigenvalue weighted by atomic mass is 32.1. The van der Waals surface area contributed by atoms with Crippen molar-refractivity contribution in [2.75, 3.05) is 7.05 Å². The molecule has 2 aromatic heterocycles. The number of benzene rings is 2. The molecule has 0 saturated heterocycles. The van der Waals surface area contributed by atoms with E-state index in [1.54, 1.807) is 24.6 Å². The largest absolute Gasteiger partial charge is 0.294 e. The van der Waals surface area contributed by atoms with Gasteiger partial charge in [-0.15, -0.1) is 11.3 Å². The Bertz CT molecular complexity index is 980. The fourth-order valence-electron chi connectivity index (χ4n) is 2.67. The van der Waals surface area contributed by atoms with Crippen LogP contribution in [0.1, 0.15) is 5.69 Å². The quantitative estimate of drug-likeness (QED) is 0.569. The van der Waals surface area contributed by atoms with Gasteiger partial charge in [-0.3, -0.25) is 4.99 Å². The van der Waals surface area contributed by atoms with Crippen molar-refractivity contribution in [2.24, 2.45) is 4.99 Å². The maximum Gasteiger partial charge on any atom is 0.131 e. The lowest BCUT2D eigenvalue weighted by atomic mass is 10.0. The Kier molecular flexibility index (Phi) is 3.48. The molecular weight excluding hydrogens is 304 g/mol. The van der Waals surface area contributed by atoms with Crippen LogP contribution >= 0.6 is 11.3 Å². The number of nitrogens with zero attached hydrogens (tertiary/aromatic N) is 3. The molecule has 0 saturated carbocycles. The van der Waals surface area contributed by atoms with Gasteiger partial charge in [0.1, 0.15) is 11.4 Å². The van der Waals surface area contributed by atoms with Crippen molar-refractivity contribution < 1.29 is 0 Å². The third-order valence-corrected chi connectivity index (χ3v) is 4.74. The van der Waals surface area contributed by atoms with Crippen LogP contribution in [0, 0.1) is 0 Å². The number of aromatic amines is 1. The van der Waals surface area contributed by atoms with Gasteiger partial charge in [0.25, 0.3) is 0 Å². The fraction of sp³-hybridized carbons (Fsp3) is 0.0556. The molecule has 0 bridgehead atoms. The Hall–Kier alpha value is -2.79. The molecule has 23 heavy (non-hydrogen) atoms. The topological polar surface area (TPSA) is 53.9 Å². The van der Waals surface area contributed by atoms with E-state index in [1.165, 1.54) is 21.2 Å². The lowest BCUT2D eigenvalue weighted by Gasteiger charge is -2.02. The second-order valence-corrected chi connectivity index (χ2v) is 6.08. The number of thiophene rings is 1. The molecule has 0 atom stereocenters. The predicted octanol–water partition coefficient (Wildman–Crippen LogP) is 4.40. The SMILES string of the molecule is CN=Cc1n[nH]nc1-c1ccc(-c2csc3ccccc23)cc1. The molecule has 4 rings (SSSR count). The lowest BCUT2D eigenvalue weighted by Crippen LogP contribution is -1.87. The molecule has 0 aliphatic carbocycles. The molecule has 0 amide bonds. The van der Waals surface area contributed by atoms with Gasteiger partial charge in [0, 0.05) is 28.3 Å². The van der Waals surface area contributed by atoms with Crippen LogP contribution in [0.25, 0.3) is 32.5 Å². The summed E-state index contributed by atoms with van der Waals surface area (Å²) in [6.07, 6.45) is 1.71. The summed E-state index contributed by atoms with van der Waals surface area (Å²) < 4.78 is 1.31. The Morgan fingerprint density at radius 2 is 1.78 bits per heavy atom. The maximum absolute atomic E-state index is 4.22. The molecule has 0 unspecified atom stereocenters. The van der Waals surface area contributed by atoms with Crippen molar-refractivity contribution in [3.63, 3.8) is 0 Å². The normalized spacial score (nSPS) is 11.5. The smallest absolute Gasteiger partial charge is 0.131 e. The summed E-state index contributed by atoms with van der Waals surface area (Å²) >= 11 is 1.78. The van der Waals surface area contributed by atoms with Crippen LogP contribution in [0.5, 0.6) is 0 Å². The van der Waals surface area contributed by atoms with E-state index in [9.17, 15) is 0 Å². The van der Waals surface area contributed by atoms with Crippen LogP contribution in [0.2, 0.25) is 0 Å². The molecule has 0 fully saturated rings. The van der Waals surface area contributed by atoms with E-state index in [0.717, 1.165) is 17.0 Å². The van der Waals surface area contributed by atoms with Crippen LogP contribution in [0.3, 0.4) is 0 Å². The Morgan fingerprint density at radius 3 is 2.61 bits per heavy atom. The second-order valence-electron chi connectivity index (χ2n) is 5.17. The molecule has 0 aliphatic rings. The minimum Gasteiger partial charge on any atom is -0.294 e. The van der Waals surface area contributed by atoms with Crippen molar-refractivity contribution in [1.29, 1.82) is 0 Å². The summed E-state index contributed by atoms with van der Waals surface area (Å²) in [5.74, 6) is 0. The zero-order valence-electron chi connectivity index (χ0n) is 12.5. The Morgan fingerprint density at radius 1 is 1.00 bits per heavy atom. The van der Waals surface area contributed by atoms with Crippen molar-refractivity contribution in [2.45, 2.75) is 0 Å². The van der Waals surface area contributed by atoms with Gasteiger partial charge in [-0.2, -0.15) is 15.4 Å². The highest BCUT2D eigenvalue weighted by Gasteiger charge is 2.10. The summed E-state index contributed by atoms with van der Waals surface area (Å²) in [6, 6.07) is 16.9. The highest BCUT2D eigenvalue weighted by molar-refractivity contribution is 7.17. The van der Waals surface area contributed by atoms with Crippen molar-refractivity contribution >= 4 is 27.6 Å². The molecule has 0 spiro atoms. The van der Waals surface area contributed by atoms with E-state index in [0.29, 0.717) is 0 Å². The lowest BCUT2D eigenvalue weighted by molar-refractivity contribution is 0.940. The van der Waals surface area contributed by atoms with Crippen LogP contribution in [-0.4, -0.2) is 28.7 Å². The summed E-state index contributed by atoms with van der Waals surface area (Å²) in [6.45, 7) is 0. The minimum atomic E-state index is 0.751. The first-order chi connectivity index (χ1) is 11.4. The van der Waals surface area contributed by atoms with Gasteiger partial charge in [0.2, 0.25) is 0 Å². The molecule has 0 aliphatic heterocycles. The molecule has 4 nitrogen and oxygen atoms in total. The number of fused-ring (bicyclic) bond motifs is 1. The van der Waals surface area contributed by atoms with Crippen LogP contribution in [0.15, 0.2) is 58.9 Å². The van der Waals surface area contributed by atoms with E-state index >= 15 is 0 Å². The number of hydrogen-bond donors (Lipinski definition) is 1. The minimum absolute atomic E-state index is 0.751. The number of aromatic nitrogens is 3. The van der Waals surface area contributed by atoms with E-state index in [1.807, 2.05) is 0 Å². The molecule has 0 radical (unpaired) electrons. The van der Waals surface area contributed by atoms with Crippen molar-refractivity contribution in [1.82, 2.24) is 15.4 Å². The van der Waals surface area contributed by atoms with Crippen molar-refractivity contribution in [3.05, 3.63) is 59.6 Å². The maximum atomic E-state index is 4.22. The van der Waals surface area contributed by atoms with Crippen molar-refractivity contribution in [3.8, 4) is 22.4 Å². The van der Waals surface area contributed by atoms with Gasteiger partial charge >= 0.3 is 0 Å². The Labute approximate surface area is 137 Å². The molecule has 2 heterocycles. The number of H-pyrrole nitrogens is 1. The van der Waals surface area contributed by atoms with Gasteiger partial charge in [-0.25, -0.2) is 0 Å². The molecule has 5 heteroatoms. The van der Waals surface area contributed by atoms with Gasteiger partial charge in [0.15, 0.2) is 0 Å². The summed E-state index contributed by atoms with van der Waals surface area (Å²) in [5.41, 5.74) is 5.07. The van der Waals surface area contributed by atoms with E-state index in [-0.39, 0.29) is 0 Å². The highest BCUT2D eigenvalue weighted by Crippen LogP contribution is 2.34. The second kappa shape index (κ2) is 5.78. The van der Waals surface area contributed by atoms with Gasteiger partial charge in [-0.1, -0.05) is 42.5 Å². The van der Waals surface area contributed by atoms with Crippen LogP contribution in [0.4, 0.5) is 0 Å². The first-order valence-electron chi connectivity index (χ1n) is 7.27. The average molecular weight is 318 g/mol.